The van der Waals surface area contributed by atoms with Crippen LogP contribution in [0.25, 0.3) is 16.6 Å². The summed E-state index contributed by atoms with van der Waals surface area (Å²) in [6, 6.07) is 20.8. The van der Waals surface area contributed by atoms with E-state index < -0.39 is 5.82 Å². The average Bonchev–Trinajstić information content (AvgIpc) is 2.68. The van der Waals surface area contributed by atoms with Crippen molar-refractivity contribution in [3.63, 3.8) is 0 Å². The molecule has 0 N–H and O–H groups in total. The molecule has 4 aromatic rings. The normalized spacial score (nSPS) is 11.0. The van der Waals surface area contributed by atoms with Crippen molar-refractivity contribution in [2.24, 2.45) is 0 Å². The van der Waals surface area contributed by atoms with Gasteiger partial charge in [0, 0.05) is 10.8 Å². The predicted molar refractivity (Wildman–Crippen MR) is 108 cm³/mol. The van der Waals surface area contributed by atoms with E-state index in [9.17, 15) is 9.18 Å². The van der Waals surface area contributed by atoms with Crippen molar-refractivity contribution >= 4 is 34.3 Å². The third-order valence-corrected chi connectivity index (χ3v) is 5.34. The van der Waals surface area contributed by atoms with Crippen molar-refractivity contribution in [3.8, 4) is 5.69 Å². The molecule has 3 nitrogen and oxygen atoms in total. The Hall–Kier alpha value is -2.63. The maximum atomic E-state index is 14.4. The fourth-order valence-electron chi connectivity index (χ4n) is 2.83. The Morgan fingerprint density at radius 1 is 1.00 bits per heavy atom. The molecule has 134 valence electrons. The Balaban J connectivity index is 1.86. The lowest BCUT2D eigenvalue weighted by molar-refractivity contribution is 0.608. The molecule has 0 bridgehead atoms. The summed E-state index contributed by atoms with van der Waals surface area (Å²) in [7, 11) is 0. The summed E-state index contributed by atoms with van der Waals surface area (Å²) in [4.78, 5) is 17.7. The minimum atomic E-state index is -0.471. The predicted octanol–water partition coefficient (Wildman–Crippen LogP) is 5.47. The smallest absolute Gasteiger partial charge is 0.266 e. The molecule has 0 amide bonds. The number of fused-ring (bicyclic) bond motifs is 1. The van der Waals surface area contributed by atoms with Crippen LogP contribution in [0.1, 0.15) is 5.56 Å². The van der Waals surface area contributed by atoms with Gasteiger partial charge in [0.15, 0.2) is 5.16 Å². The SMILES string of the molecule is O=c1c2ccccc2nc(SCc2cccc(Cl)c2)n1-c1ccccc1F. The van der Waals surface area contributed by atoms with Crippen LogP contribution in [0.5, 0.6) is 0 Å². The fraction of sp³-hybridized carbons (Fsp3) is 0.0476. The number of thioether (sulfide) groups is 1. The van der Waals surface area contributed by atoms with Gasteiger partial charge in [-0.1, -0.05) is 59.8 Å². The van der Waals surface area contributed by atoms with Crippen LogP contribution in [0.3, 0.4) is 0 Å². The summed E-state index contributed by atoms with van der Waals surface area (Å²) in [6.45, 7) is 0. The van der Waals surface area contributed by atoms with Crippen molar-refractivity contribution < 1.29 is 4.39 Å². The van der Waals surface area contributed by atoms with E-state index >= 15 is 0 Å². The second-order valence-electron chi connectivity index (χ2n) is 5.92. The van der Waals surface area contributed by atoms with Gasteiger partial charge in [-0.05, 0) is 42.0 Å². The van der Waals surface area contributed by atoms with Gasteiger partial charge in [-0.3, -0.25) is 9.36 Å². The Morgan fingerprint density at radius 2 is 1.78 bits per heavy atom. The first-order valence-electron chi connectivity index (χ1n) is 8.27. The molecule has 0 saturated carbocycles. The van der Waals surface area contributed by atoms with E-state index in [4.69, 9.17) is 11.6 Å². The van der Waals surface area contributed by atoms with Crippen LogP contribution in [-0.2, 0) is 5.75 Å². The van der Waals surface area contributed by atoms with Crippen LogP contribution in [-0.4, -0.2) is 9.55 Å². The summed E-state index contributed by atoms with van der Waals surface area (Å²) in [5, 5.41) is 1.53. The van der Waals surface area contributed by atoms with Gasteiger partial charge in [0.25, 0.3) is 5.56 Å². The Kier molecular flexibility index (Phi) is 4.97. The third-order valence-electron chi connectivity index (χ3n) is 4.10. The number of hydrogen-bond acceptors (Lipinski definition) is 3. The average molecular weight is 397 g/mol. The second kappa shape index (κ2) is 7.55. The molecular weight excluding hydrogens is 383 g/mol. The van der Waals surface area contributed by atoms with E-state index in [-0.39, 0.29) is 11.2 Å². The number of para-hydroxylation sites is 2. The monoisotopic (exact) mass is 396 g/mol. The molecular formula is C21H14ClFN2OS. The molecule has 0 aliphatic rings. The summed E-state index contributed by atoms with van der Waals surface area (Å²) in [5.41, 5.74) is 1.48. The zero-order valence-corrected chi connectivity index (χ0v) is 15.7. The minimum absolute atomic E-state index is 0.189. The zero-order valence-electron chi connectivity index (χ0n) is 14.1. The summed E-state index contributed by atoms with van der Waals surface area (Å²) in [6.07, 6.45) is 0. The highest BCUT2D eigenvalue weighted by Gasteiger charge is 2.16. The van der Waals surface area contributed by atoms with Crippen LogP contribution in [0.15, 0.2) is 82.7 Å². The Bertz CT molecular complexity index is 1190. The summed E-state index contributed by atoms with van der Waals surface area (Å²) >= 11 is 7.42. The van der Waals surface area contributed by atoms with E-state index in [1.165, 1.54) is 22.4 Å². The molecule has 0 unspecified atom stereocenters. The number of nitrogens with zero attached hydrogens (tertiary/aromatic N) is 2. The molecule has 0 radical (unpaired) electrons. The quantitative estimate of drug-likeness (QED) is 0.339. The van der Waals surface area contributed by atoms with Gasteiger partial charge in [-0.15, -0.1) is 0 Å². The highest BCUT2D eigenvalue weighted by atomic mass is 35.5. The number of aromatic nitrogens is 2. The van der Waals surface area contributed by atoms with Gasteiger partial charge in [0.2, 0.25) is 0 Å². The van der Waals surface area contributed by atoms with Gasteiger partial charge in [0.1, 0.15) is 5.82 Å². The van der Waals surface area contributed by atoms with Crippen molar-refractivity contribution in [2.45, 2.75) is 10.9 Å². The first-order chi connectivity index (χ1) is 13.1. The maximum absolute atomic E-state index is 14.4. The molecule has 0 fully saturated rings. The Morgan fingerprint density at radius 3 is 2.59 bits per heavy atom. The van der Waals surface area contributed by atoms with E-state index in [0.717, 1.165) is 5.56 Å². The Labute approximate surface area is 164 Å². The first kappa shape index (κ1) is 17.8. The lowest BCUT2D eigenvalue weighted by Gasteiger charge is -2.14. The molecule has 0 aliphatic heterocycles. The van der Waals surface area contributed by atoms with Gasteiger partial charge in [-0.2, -0.15) is 0 Å². The van der Waals surface area contributed by atoms with Gasteiger partial charge in [0.05, 0.1) is 16.6 Å². The molecule has 1 aromatic heterocycles. The highest BCUT2D eigenvalue weighted by Crippen LogP contribution is 2.26. The number of benzene rings is 3. The number of halogens is 2. The molecule has 6 heteroatoms. The fourth-order valence-corrected chi connectivity index (χ4v) is 3.99. The standard InChI is InChI=1S/C21H14ClFN2OS/c22-15-7-5-6-14(12-15)13-27-21-24-18-10-3-1-8-16(18)20(26)25(21)19-11-4-2-9-17(19)23/h1-12H,13H2. The summed E-state index contributed by atoms with van der Waals surface area (Å²) in [5.74, 6) is 0.0843. The zero-order chi connectivity index (χ0) is 18.8. The van der Waals surface area contributed by atoms with Gasteiger partial charge in [-0.25, -0.2) is 9.37 Å². The molecule has 27 heavy (non-hydrogen) atoms. The topological polar surface area (TPSA) is 34.9 Å². The molecule has 0 saturated heterocycles. The number of hydrogen-bond donors (Lipinski definition) is 0. The minimum Gasteiger partial charge on any atom is -0.268 e. The molecule has 0 aliphatic carbocycles. The third kappa shape index (κ3) is 3.61. The molecule has 4 rings (SSSR count). The van der Waals surface area contributed by atoms with Crippen molar-refractivity contribution in [1.82, 2.24) is 9.55 Å². The van der Waals surface area contributed by atoms with E-state index in [1.54, 1.807) is 42.5 Å². The highest BCUT2D eigenvalue weighted by molar-refractivity contribution is 7.98. The molecule has 0 spiro atoms. The van der Waals surface area contributed by atoms with E-state index in [0.29, 0.717) is 26.8 Å². The lowest BCUT2D eigenvalue weighted by atomic mass is 10.2. The van der Waals surface area contributed by atoms with Crippen LogP contribution in [0.4, 0.5) is 4.39 Å². The van der Waals surface area contributed by atoms with Gasteiger partial charge < -0.3 is 0 Å². The molecule has 1 heterocycles. The lowest BCUT2D eigenvalue weighted by Crippen LogP contribution is -2.22. The van der Waals surface area contributed by atoms with E-state index in [2.05, 4.69) is 4.98 Å². The van der Waals surface area contributed by atoms with Crippen molar-refractivity contribution in [2.75, 3.05) is 0 Å². The number of rotatable bonds is 4. The molecule has 0 atom stereocenters. The molecule has 3 aromatic carbocycles. The van der Waals surface area contributed by atoms with Gasteiger partial charge >= 0.3 is 0 Å². The van der Waals surface area contributed by atoms with Crippen LogP contribution < -0.4 is 5.56 Å². The maximum Gasteiger partial charge on any atom is 0.266 e. The van der Waals surface area contributed by atoms with Crippen LogP contribution in [0.2, 0.25) is 5.02 Å². The van der Waals surface area contributed by atoms with Crippen molar-refractivity contribution in [3.05, 3.63) is 99.6 Å². The van der Waals surface area contributed by atoms with Crippen LogP contribution >= 0.6 is 23.4 Å². The first-order valence-corrected chi connectivity index (χ1v) is 9.64. The largest absolute Gasteiger partial charge is 0.268 e. The summed E-state index contributed by atoms with van der Waals surface area (Å²) < 4.78 is 15.8. The van der Waals surface area contributed by atoms with Crippen LogP contribution in [0, 0.1) is 5.82 Å². The second-order valence-corrected chi connectivity index (χ2v) is 7.30. The van der Waals surface area contributed by atoms with E-state index in [1.807, 2.05) is 24.3 Å². The van der Waals surface area contributed by atoms with Crippen molar-refractivity contribution in [1.29, 1.82) is 0 Å².